The zero-order valence-electron chi connectivity index (χ0n) is 10.2. The molecule has 0 aliphatic heterocycles. The number of carboxylic acid groups (broad SMARTS) is 1. The molecule has 2 rings (SSSR count). The average Bonchev–Trinajstić information content (AvgIpc) is 2.69. The van der Waals surface area contributed by atoms with Crippen molar-refractivity contribution < 1.29 is 14.7 Å². The molecule has 1 amide bonds. The van der Waals surface area contributed by atoms with Crippen LogP contribution in [0.15, 0.2) is 28.1 Å². The predicted molar refractivity (Wildman–Crippen MR) is 83.1 cm³/mol. The number of benzene rings is 1. The third-order valence-corrected chi connectivity index (χ3v) is 5.01. The number of anilines is 1. The van der Waals surface area contributed by atoms with Gasteiger partial charge >= 0.3 is 5.97 Å². The predicted octanol–water partition coefficient (Wildman–Crippen LogP) is 4.42. The van der Waals surface area contributed by atoms with E-state index in [2.05, 4.69) is 21.2 Å². The number of thiophene rings is 1. The molecule has 0 atom stereocenters. The summed E-state index contributed by atoms with van der Waals surface area (Å²) in [6, 6.07) is 6.28. The number of amides is 1. The molecule has 2 aromatic rings. The van der Waals surface area contributed by atoms with E-state index in [-0.39, 0.29) is 22.2 Å². The molecule has 4 nitrogen and oxygen atoms in total. The Morgan fingerprint density at radius 1 is 1.40 bits per heavy atom. The van der Waals surface area contributed by atoms with Gasteiger partial charge in [0.15, 0.2) is 0 Å². The number of carbonyl (C=O) groups is 2. The minimum absolute atomic E-state index is 0.0823. The molecule has 0 unspecified atom stereocenters. The second-order valence-corrected chi connectivity index (χ2v) is 6.77. The highest BCUT2D eigenvalue weighted by molar-refractivity contribution is 9.11. The van der Waals surface area contributed by atoms with E-state index in [1.54, 1.807) is 12.1 Å². The Labute approximate surface area is 132 Å². The van der Waals surface area contributed by atoms with Crippen molar-refractivity contribution in [2.45, 2.75) is 6.92 Å². The Bertz CT molecular complexity index is 679. The molecule has 0 aliphatic carbocycles. The quantitative estimate of drug-likeness (QED) is 0.835. The van der Waals surface area contributed by atoms with E-state index in [0.717, 1.165) is 9.35 Å². The minimum atomic E-state index is -1.19. The molecule has 1 aromatic heterocycles. The standard InChI is InChI=1S/C13H9BrClNO3S/c1-6-5-9(20-11(6)14)12(17)16-8-4-2-3-7(15)10(8)13(18)19/h2-5H,1H3,(H,16,17)(H,18,19). The van der Waals surface area contributed by atoms with Gasteiger partial charge in [-0.05, 0) is 46.6 Å². The topological polar surface area (TPSA) is 66.4 Å². The zero-order valence-corrected chi connectivity index (χ0v) is 13.4. The molecule has 1 aromatic carbocycles. The fourth-order valence-corrected chi connectivity index (χ4v) is 3.29. The molecule has 1 heterocycles. The summed E-state index contributed by atoms with van der Waals surface area (Å²) >= 11 is 10.5. The van der Waals surface area contributed by atoms with E-state index in [1.165, 1.54) is 23.5 Å². The fraction of sp³-hybridized carbons (Fsp3) is 0.0769. The average molecular weight is 375 g/mol. The van der Waals surface area contributed by atoms with Gasteiger partial charge in [0, 0.05) is 0 Å². The number of rotatable bonds is 3. The van der Waals surface area contributed by atoms with Crippen LogP contribution >= 0.6 is 38.9 Å². The van der Waals surface area contributed by atoms with Gasteiger partial charge in [0.25, 0.3) is 5.91 Å². The zero-order chi connectivity index (χ0) is 14.9. The van der Waals surface area contributed by atoms with Crippen molar-refractivity contribution in [2.24, 2.45) is 0 Å². The van der Waals surface area contributed by atoms with Gasteiger partial charge in [-0.25, -0.2) is 4.79 Å². The van der Waals surface area contributed by atoms with Crippen LogP contribution in [-0.2, 0) is 0 Å². The number of hydrogen-bond donors (Lipinski definition) is 2. The Morgan fingerprint density at radius 3 is 2.65 bits per heavy atom. The molecule has 0 bridgehead atoms. The van der Waals surface area contributed by atoms with Crippen LogP contribution in [0.5, 0.6) is 0 Å². The van der Waals surface area contributed by atoms with Crippen LogP contribution in [0.25, 0.3) is 0 Å². The lowest BCUT2D eigenvalue weighted by Crippen LogP contribution is -2.14. The van der Waals surface area contributed by atoms with Crippen LogP contribution in [0.2, 0.25) is 5.02 Å². The van der Waals surface area contributed by atoms with Crippen LogP contribution in [0.1, 0.15) is 25.6 Å². The first-order valence-electron chi connectivity index (χ1n) is 5.49. The first-order chi connectivity index (χ1) is 9.40. The fourth-order valence-electron chi connectivity index (χ4n) is 1.60. The number of halogens is 2. The van der Waals surface area contributed by atoms with Gasteiger partial charge < -0.3 is 10.4 Å². The summed E-state index contributed by atoms with van der Waals surface area (Å²) in [5, 5.41) is 11.8. The number of hydrogen-bond acceptors (Lipinski definition) is 3. The molecule has 0 aliphatic rings. The Morgan fingerprint density at radius 2 is 2.10 bits per heavy atom. The van der Waals surface area contributed by atoms with Crippen molar-refractivity contribution in [1.29, 1.82) is 0 Å². The molecular formula is C13H9BrClNO3S. The second-order valence-electron chi connectivity index (χ2n) is 3.99. The summed E-state index contributed by atoms with van der Waals surface area (Å²) < 4.78 is 0.868. The molecular weight excluding hydrogens is 366 g/mol. The summed E-state index contributed by atoms with van der Waals surface area (Å²) in [5.74, 6) is -1.55. The summed E-state index contributed by atoms with van der Waals surface area (Å²) in [4.78, 5) is 23.8. The number of aromatic carboxylic acids is 1. The van der Waals surface area contributed by atoms with Crippen molar-refractivity contribution in [1.82, 2.24) is 0 Å². The largest absolute Gasteiger partial charge is 0.478 e. The summed E-state index contributed by atoms with van der Waals surface area (Å²) in [6.45, 7) is 1.87. The van der Waals surface area contributed by atoms with Gasteiger partial charge in [-0.1, -0.05) is 17.7 Å². The number of carbonyl (C=O) groups excluding carboxylic acids is 1. The smallest absolute Gasteiger partial charge is 0.339 e. The van der Waals surface area contributed by atoms with Crippen molar-refractivity contribution in [2.75, 3.05) is 5.32 Å². The Balaban J connectivity index is 2.33. The Kier molecular flexibility index (Phi) is 4.47. The van der Waals surface area contributed by atoms with Gasteiger partial charge in [-0.3, -0.25) is 4.79 Å². The lowest BCUT2D eigenvalue weighted by atomic mass is 10.1. The van der Waals surface area contributed by atoms with Crippen molar-refractivity contribution in [3.63, 3.8) is 0 Å². The summed E-state index contributed by atoms with van der Waals surface area (Å²) in [5.41, 5.74) is 1.01. The van der Waals surface area contributed by atoms with Gasteiger partial charge in [0.1, 0.15) is 5.56 Å². The molecule has 0 spiro atoms. The molecule has 20 heavy (non-hydrogen) atoms. The lowest BCUT2D eigenvalue weighted by Gasteiger charge is -2.08. The Hall–Kier alpha value is -1.37. The lowest BCUT2D eigenvalue weighted by molar-refractivity contribution is 0.0698. The van der Waals surface area contributed by atoms with E-state index in [4.69, 9.17) is 16.7 Å². The highest BCUT2D eigenvalue weighted by Gasteiger charge is 2.18. The second kappa shape index (κ2) is 5.95. The SMILES string of the molecule is Cc1cc(C(=O)Nc2cccc(Cl)c2C(=O)O)sc1Br. The van der Waals surface area contributed by atoms with Gasteiger partial charge in [-0.15, -0.1) is 11.3 Å². The minimum Gasteiger partial charge on any atom is -0.478 e. The molecule has 0 fully saturated rings. The normalized spacial score (nSPS) is 10.3. The summed E-state index contributed by atoms with van der Waals surface area (Å²) in [7, 11) is 0. The highest BCUT2D eigenvalue weighted by atomic mass is 79.9. The van der Waals surface area contributed by atoms with Crippen LogP contribution in [0, 0.1) is 6.92 Å². The van der Waals surface area contributed by atoms with E-state index in [9.17, 15) is 9.59 Å². The first-order valence-corrected chi connectivity index (χ1v) is 7.48. The van der Waals surface area contributed by atoms with Crippen LogP contribution in [0.3, 0.4) is 0 Å². The molecule has 0 radical (unpaired) electrons. The monoisotopic (exact) mass is 373 g/mol. The highest BCUT2D eigenvalue weighted by Crippen LogP contribution is 2.29. The maximum absolute atomic E-state index is 12.1. The number of nitrogens with one attached hydrogen (secondary N) is 1. The molecule has 7 heteroatoms. The third kappa shape index (κ3) is 3.03. The number of carboxylic acids is 1. The van der Waals surface area contributed by atoms with E-state index in [1.807, 2.05) is 6.92 Å². The summed E-state index contributed by atoms with van der Waals surface area (Å²) in [6.07, 6.45) is 0. The van der Waals surface area contributed by atoms with Gasteiger partial charge in [0.05, 0.1) is 19.4 Å². The van der Waals surface area contributed by atoms with Crippen LogP contribution < -0.4 is 5.32 Å². The molecule has 104 valence electrons. The van der Waals surface area contributed by atoms with Crippen molar-refractivity contribution in [3.05, 3.63) is 49.1 Å². The molecule has 0 saturated heterocycles. The molecule has 2 N–H and O–H groups in total. The third-order valence-electron chi connectivity index (χ3n) is 2.56. The van der Waals surface area contributed by atoms with E-state index < -0.39 is 5.97 Å². The van der Waals surface area contributed by atoms with E-state index in [0.29, 0.717) is 4.88 Å². The maximum atomic E-state index is 12.1. The first kappa shape index (κ1) is 15.0. The van der Waals surface area contributed by atoms with Crippen LogP contribution in [-0.4, -0.2) is 17.0 Å². The molecule has 0 saturated carbocycles. The van der Waals surface area contributed by atoms with Crippen molar-refractivity contribution in [3.8, 4) is 0 Å². The van der Waals surface area contributed by atoms with Crippen molar-refractivity contribution >= 4 is 56.4 Å². The van der Waals surface area contributed by atoms with Crippen LogP contribution in [0.4, 0.5) is 5.69 Å². The van der Waals surface area contributed by atoms with E-state index >= 15 is 0 Å². The maximum Gasteiger partial charge on any atom is 0.339 e. The van der Waals surface area contributed by atoms with Gasteiger partial charge in [0.2, 0.25) is 0 Å². The van der Waals surface area contributed by atoms with Gasteiger partial charge in [-0.2, -0.15) is 0 Å². The number of aryl methyl sites for hydroxylation is 1.